The summed E-state index contributed by atoms with van der Waals surface area (Å²) in [6.45, 7) is 9.01. The standard InChI is InChI=1S/C20H29NO5/c1-11(2)18(19(23)21-15-9-7-6-8-12(15)3)26-20(24)17-13(4)10-16(22)25-14(17)5/h10-12,15,18H,6-9H2,1-5H3,(H,21,23)/t12-,15-,18-/m0/s1. The Bertz CT molecular complexity index is 695. The van der Waals surface area contributed by atoms with E-state index in [1.807, 2.05) is 13.8 Å². The van der Waals surface area contributed by atoms with E-state index in [0.29, 0.717) is 11.5 Å². The van der Waals surface area contributed by atoms with Gasteiger partial charge in [-0.1, -0.05) is 33.6 Å². The molecule has 6 nitrogen and oxygen atoms in total. The highest BCUT2D eigenvalue weighted by Crippen LogP contribution is 2.24. The van der Waals surface area contributed by atoms with E-state index in [2.05, 4.69) is 12.2 Å². The summed E-state index contributed by atoms with van der Waals surface area (Å²) in [7, 11) is 0. The second-order valence-corrected chi connectivity index (χ2v) is 7.63. The molecule has 1 aromatic rings. The maximum Gasteiger partial charge on any atom is 0.342 e. The molecule has 1 fully saturated rings. The molecule has 26 heavy (non-hydrogen) atoms. The first-order valence-corrected chi connectivity index (χ1v) is 9.33. The second kappa shape index (κ2) is 8.52. The summed E-state index contributed by atoms with van der Waals surface area (Å²) in [4.78, 5) is 36.7. The molecule has 0 bridgehead atoms. The van der Waals surface area contributed by atoms with Gasteiger partial charge in [0, 0.05) is 12.1 Å². The van der Waals surface area contributed by atoms with Crippen LogP contribution in [0.25, 0.3) is 0 Å². The summed E-state index contributed by atoms with van der Waals surface area (Å²) in [5.41, 5.74) is 0.169. The van der Waals surface area contributed by atoms with Crippen molar-refractivity contribution < 1.29 is 18.7 Å². The van der Waals surface area contributed by atoms with E-state index < -0.39 is 17.7 Å². The topological polar surface area (TPSA) is 85.6 Å². The van der Waals surface area contributed by atoms with Gasteiger partial charge in [0.1, 0.15) is 11.3 Å². The highest BCUT2D eigenvalue weighted by Gasteiger charge is 2.32. The molecule has 1 heterocycles. The maximum atomic E-state index is 12.7. The summed E-state index contributed by atoms with van der Waals surface area (Å²) in [5.74, 6) is -0.462. The molecule has 0 saturated heterocycles. The number of aryl methyl sites for hydroxylation is 2. The minimum atomic E-state index is -0.887. The summed E-state index contributed by atoms with van der Waals surface area (Å²) < 4.78 is 10.5. The van der Waals surface area contributed by atoms with Crippen molar-refractivity contribution in [3.63, 3.8) is 0 Å². The van der Waals surface area contributed by atoms with Crippen molar-refractivity contribution in [2.45, 2.75) is 72.4 Å². The Kier molecular flexibility index (Phi) is 6.62. The van der Waals surface area contributed by atoms with Crippen LogP contribution < -0.4 is 10.9 Å². The lowest BCUT2D eigenvalue weighted by atomic mass is 9.85. The van der Waals surface area contributed by atoms with Crippen LogP contribution in [0, 0.1) is 25.7 Å². The molecular weight excluding hydrogens is 334 g/mol. The van der Waals surface area contributed by atoms with E-state index in [9.17, 15) is 14.4 Å². The molecule has 1 aliphatic carbocycles. The Hall–Kier alpha value is -2.11. The zero-order valence-electron chi connectivity index (χ0n) is 16.3. The van der Waals surface area contributed by atoms with Crippen molar-refractivity contribution in [2.24, 2.45) is 11.8 Å². The Morgan fingerprint density at radius 1 is 1.23 bits per heavy atom. The Balaban J connectivity index is 2.13. The van der Waals surface area contributed by atoms with Crippen molar-refractivity contribution in [1.29, 1.82) is 0 Å². The molecule has 6 heteroatoms. The van der Waals surface area contributed by atoms with Gasteiger partial charge in [0.2, 0.25) is 0 Å². The number of hydrogen-bond acceptors (Lipinski definition) is 5. The van der Waals surface area contributed by atoms with Crippen LogP contribution in [0.5, 0.6) is 0 Å². The second-order valence-electron chi connectivity index (χ2n) is 7.63. The molecule has 3 atom stereocenters. The van der Waals surface area contributed by atoms with Crippen LogP contribution >= 0.6 is 0 Å². The molecule has 0 unspecified atom stereocenters. The highest BCUT2D eigenvalue weighted by atomic mass is 16.5. The van der Waals surface area contributed by atoms with Gasteiger partial charge in [0.25, 0.3) is 5.91 Å². The SMILES string of the molecule is Cc1cc(=O)oc(C)c1C(=O)O[C@H](C(=O)N[C@H]1CCCC[C@@H]1C)C(C)C. The third kappa shape index (κ3) is 4.74. The molecule has 2 rings (SSSR count). The van der Waals surface area contributed by atoms with Crippen LogP contribution in [-0.4, -0.2) is 24.0 Å². The van der Waals surface area contributed by atoms with Crippen molar-refractivity contribution in [3.05, 3.63) is 33.4 Å². The van der Waals surface area contributed by atoms with Crippen LogP contribution in [0.15, 0.2) is 15.3 Å². The average molecular weight is 363 g/mol. The number of carbonyl (C=O) groups is 2. The summed E-state index contributed by atoms with van der Waals surface area (Å²) in [6, 6.07) is 1.37. The number of nitrogens with one attached hydrogen (secondary N) is 1. The molecule has 144 valence electrons. The first-order chi connectivity index (χ1) is 12.2. The van der Waals surface area contributed by atoms with E-state index in [4.69, 9.17) is 9.15 Å². The molecule has 0 aromatic carbocycles. The summed E-state index contributed by atoms with van der Waals surface area (Å²) in [5, 5.41) is 3.06. The molecular formula is C20H29NO5. The van der Waals surface area contributed by atoms with E-state index in [1.54, 1.807) is 13.8 Å². The molecule has 0 aliphatic heterocycles. The first-order valence-electron chi connectivity index (χ1n) is 9.33. The Morgan fingerprint density at radius 3 is 2.46 bits per heavy atom. The predicted octanol–water partition coefficient (Wildman–Crippen LogP) is 3.13. The maximum absolute atomic E-state index is 12.7. The van der Waals surface area contributed by atoms with E-state index in [-0.39, 0.29) is 29.2 Å². The smallest absolute Gasteiger partial charge is 0.342 e. The highest BCUT2D eigenvalue weighted by molar-refractivity contribution is 5.94. The molecule has 0 radical (unpaired) electrons. The van der Waals surface area contributed by atoms with Gasteiger partial charge in [0.05, 0.1) is 0 Å². The number of carbonyl (C=O) groups excluding carboxylic acids is 2. The van der Waals surface area contributed by atoms with Gasteiger partial charge in [0.15, 0.2) is 6.10 Å². The summed E-state index contributed by atoms with van der Waals surface area (Å²) >= 11 is 0. The monoisotopic (exact) mass is 363 g/mol. The van der Waals surface area contributed by atoms with Gasteiger partial charge >= 0.3 is 11.6 Å². The lowest BCUT2D eigenvalue weighted by Crippen LogP contribution is -2.48. The summed E-state index contributed by atoms with van der Waals surface area (Å²) in [6.07, 6.45) is 3.45. The number of amides is 1. The fourth-order valence-electron chi connectivity index (χ4n) is 3.52. The first kappa shape index (κ1) is 20.2. The largest absolute Gasteiger partial charge is 0.448 e. The minimum Gasteiger partial charge on any atom is -0.448 e. The van der Waals surface area contributed by atoms with Gasteiger partial charge in [-0.15, -0.1) is 0 Å². The van der Waals surface area contributed by atoms with Crippen molar-refractivity contribution in [3.8, 4) is 0 Å². The Labute approximate surface area is 154 Å². The molecule has 0 spiro atoms. The number of ether oxygens (including phenoxy) is 1. The molecule has 1 N–H and O–H groups in total. The van der Waals surface area contributed by atoms with Gasteiger partial charge in [-0.3, -0.25) is 4.79 Å². The molecule has 1 aromatic heterocycles. The quantitative estimate of drug-likeness (QED) is 0.812. The predicted molar refractivity (Wildman–Crippen MR) is 98.1 cm³/mol. The fraction of sp³-hybridized carbons (Fsp3) is 0.650. The zero-order valence-corrected chi connectivity index (χ0v) is 16.3. The van der Waals surface area contributed by atoms with Crippen LogP contribution in [0.4, 0.5) is 0 Å². The van der Waals surface area contributed by atoms with Crippen molar-refractivity contribution in [2.75, 3.05) is 0 Å². The lowest BCUT2D eigenvalue weighted by Gasteiger charge is -2.31. The number of rotatable bonds is 5. The van der Waals surface area contributed by atoms with Crippen LogP contribution in [0.2, 0.25) is 0 Å². The van der Waals surface area contributed by atoms with Crippen LogP contribution in [-0.2, 0) is 9.53 Å². The van der Waals surface area contributed by atoms with E-state index in [0.717, 1.165) is 19.3 Å². The van der Waals surface area contributed by atoms with Crippen LogP contribution in [0.1, 0.15) is 68.1 Å². The molecule has 1 aliphatic rings. The van der Waals surface area contributed by atoms with Crippen LogP contribution in [0.3, 0.4) is 0 Å². The van der Waals surface area contributed by atoms with E-state index in [1.165, 1.54) is 12.5 Å². The third-order valence-electron chi connectivity index (χ3n) is 5.08. The van der Waals surface area contributed by atoms with Crippen molar-refractivity contribution in [1.82, 2.24) is 5.32 Å². The average Bonchev–Trinajstić information content (AvgIpc) is 2.53. The number of hydrogen-bond donors (Lipinski definition) is 1. The van der Waals surface area contributed by atoms with Gasteiger partial charge in [-0.05, 0) is 44.1 Å². The zero-order chi connectivity index (χ0) is 19.4. The number of esters is 1. The Morgan fingerprint density at radius 2 is 1.88 bits per heavy atom. The third-order valence-corrected chi connectivity index (χ3v) is 5.08. The van der Waals surface area contributed by atoms with E-state index >= 15 is 0 Å². The van der Waals surface area contributed by atoms with Crippen molar-refractivity contribution >= 4 is 11.9 Å². The van der Waals surface area contributed by atoms with Gasteiger partial charge < -0.3 is 14.5 Å². The molecule has 1 saturated carbocycles. The fourth-order valence-corrected chi connectivity index (χ4v) is 3.52. The van der Waals surface area contributed by atoms with Gasteiger partial charge in [-0.2, -0.15) is 0 Å². The normalized spacial score (nSPS) is 21.3. The lowest BCUT2D eigenvalue weighted by molar-refractivity contribution is -0.133. The minimum absolute atomic E-state index is 0.120. The van der Waals surface area contributed by atoms with Gasteiger partial charge in [-0.25, -0.2) is 9.59 Å². The molecule has 1 amide bonds.